The Bertz CT molecular complexity index is 759. The van der Waals surface area contributed by atoms with E-state index in [2.05, 4.69) is 4.72 Å². The van der Waals surface area contributed by atoms with Crippen molar-refractivity contribution >= 4 is 16.0 Å². The van der Waals surface area contributed by atoms with Crippen molar-refractivity contribution in [2.24, 2.45) is 0 Å². The van der Waals surface area contributed by atoms with Crippen LogP contribution in [0.3, 0.4) is 0 Å². The standard InChI is InChI=1S/C14H15NO5S/c1-9-3-5-11(6-4-9)8-15-21(18,19)13-7-12(14(16)17)20-10(13)2/h3-7,15H,8H2,1-2H3,(H,16,17). The van der Waals surface area contributed by atoms with E-state index in [9.17, 15) is 13.2 Å². The molecule has 0 spiro atoms. The van der Waals surface area contributed by atoms with Gasteiger partial charge in [-0.1, -0.05) is 29.8 Å². The smallest absolute Gasteiger partial charge is 0.371 e. The number of benzene rings is 1. The monoisotopic (exact) mass is 309 g/mol. The van der Waals surface area contributed by atoms with E-state index < -0.39 is 21.8 Å². The second-order valence-electron chi connectivity index (χ2n) is 4.65. The molecular weight excluding hydrogens is 294 g/mol. The number of aryl methyl sites for hydroxylation is 2. The van der Waals surface area contributed by atoms with Gasteiger partial charge in [0, 0.05) is 12.6 Å². The summed E-state index contributed by atoms with van der Waals surface area (Å²) in [6, 6.07) is 8.42. The minimum absolute atomic E-state index is 0.0452. The lowest BCUT2D eigenvalue weighted by molar-refractivity contribution is 0.0661. The lowest BCUT2D eigenvalue weighted by Gasteiger charge is -2.06. The first-order chi connectivity index (χ1) is 9.79. The average molecular weight is 309 g/mol. The first-order valence-corrected chi connectivity index (χ1v) is 7.67. The molecule has 2 aromatic rings. The van der Waals surface area contributed by atoms with Crippen molar-refractivity contribution in [2.45, 2.75) is 25.3 Å². The molecule has 0 aliphatic heterocycles. The predicted molar refractivity (Wildman–Crippen MR) is 75.6 cm³/mol. The Morgan fingerprint density at radius 1 is 1.24 bits per heavy atom. The van der Waals surface area contributed by atoms with Gasteiger partial charge in [-0.15, -0.1) is 0 Å². The molecule has 0 fully saturated rings. The number of hydrogen-bond acceptors (Lipinski definition) is 4. The number of rotatable bonds is 5. The summed E-state index contributed by atoms with van der Waals surface area (Å²) in [7, 11) is -3.82. The van der Waals surface area contributed by atoms with E-state index in [1.165, 1.54) is 6.92 Å². The van der Waals surface area contributed by atoms with Gasteiger partial charge >= 0.3 is 5.97 Å². The van der Waals surface area contributed by atoms with E-state index in [4.69, 9.17) is 9.52 Å². The highest BCUT2D eigenvalue weighted by atomic mass is 32.2. The number of hydrogen-bond donors (Lipinski definition) is 2. The molecule has 21 heavy (non-hydrogen) atoms. The summed E-state index contributed by atoms with van der Waals surface area (Å²) in [4.78, 5) is 10.6. The third-order valence-electron chi connectivity index (χ3n) is 2.96. The maximum absolute atomic E-state index is 12.2. The maximum atomic E-state index is 12.2. The minimum Gasteiger partial charge on any atom is -0.475 e. The Morgan fingerprint density at radius 2 is 1.86 bits per heavy atom. The van der Waals surface area contributed by atoms with Gasteiger partial charge in [0.2, 0.25) is 15.8 Å². The molecule has 1 heterocycles. The molecule has 0 unspecified atom stereocenters. The molecule has 0 bridgehead atoms. The van der Waals surface area contributed by atoms with Gasteiger partial charge in [-0.25, -0.2) is 17.9 Å². The number of sulfonamides is 1. The van der Waals surface area contributed by atoms with Crippen LogP contribution in [0, 0.1) is 13.8 Å². The summed E-state index contributed by atoms with van der Waals surface area (Å²) in [5, 5.41) is 8.81. The summed E-state index contributed by atoms with van der Waals surface area (Å²) in [6.45, 7) is 3.47. The summed E-state index contributed by atoms with van der Waals surface area (Å²) in [6.07, 6.45) is 0. The molecule has 1 aromatic heterocycles. The molecule has 0 saturated heterocycles. The van der Waals surface area contributed by atoms with Gasteiger partial charge in [-0.3, -0.25) is 0 Å². The number of nitrogens with one attached hydrogen (secondary N) is 1. The van der Waals surface area contributed by atoms with Crippen LogP contribution in [-0.2, 0) is 16.6 Å². The first-order valence-electron chi connectivity index (χ1n) is 6.18. The number of aromatic carboxylic acids is 1. The first kappa shape index (κ1) is 15.3. The molecule has 0 atom stereocenters. The highest BCUT2D eigenvalue weighted by Gasteiger charge is 2.23. The van der Waals surface area contributed by atoms with E-state index in [1.54, 1.807) is 0 Å². The summed E-state index contributed by atoms with van der Waals surface area (Å²) in [5.41, 5.74) is 1.89. The fourth-order valence-electron chi connectivity index (χ4n) is 1.80. The Balaban J connectivity index is 2.18. The topological polar surface area (TPSA) is 96.6 Å². The molecule has 2 N–H and O–H groups in total. The minimum atomic E-state index is -3.82. The fourth-order valence-corrected chi connectivity index (χ4v) is 2.99. The van der Waals surface area contributed by atoms with Crippen LogP contribution < -0.4 is 4.72 Å². The molecule has 0 aliphatic rings. The van der Waals surface area contributed by atoms with Crippen LogP contribution in [0.4, 0.5) is 0 Å². The largest absolute Gasteiger partial charge is 0.475 e. The summed E-state index contributed by atoms with van der Waals surface area (Å²) in [5.74, 6) is -1.66. The number of carbonyl (C=O) groups is 1. The Morgan fingerprint density at radius 3 is 2.38 bits per heavy atom. The van der Waals surface area contributed by atoms with Crippen molar-refractivity contribution in [1.29, 1.82) is 0 Å². The molecule has 0 saturated carbocycles. The van der Waals surface area contributed by atoms with Crippen LogP contribution in [0.5, 0.6) is 0 Å². The zero-order chi connectivity index (χ0) is 15.6. The van der Waals surface area contributed by atoms with E-state index >= 15 is 0 Å². The SMILES string of the molecule is Cc1ccc(CNS(=O)(=O)c2cc(C(=O)O)oc2C)cc1. The van der Waals surface area contributed by atoms with E-state index in [0.29, 0.717) is 0 Å². The van der Waals surface area contributed by atoms with Crippen LogP contribution in [0.1, 0.15) is 27.4 Å². The van der Waals surface area contributed by atoms with E-state index in [1.807, 2.05) is 31.2 Å². The van der Waals surface area contributed by atoms with Crippen LogP contribution in [0.15, 0.2) is 39.6 Å². The molecule has 2 rings (SSSR count). The van der Waals surface area contributed by atoms with Crippen molar-refractivity contribution in [1.82, 2.24) is 4.72 Å². The predicted octanol–water partition coefficient (Wildman–Crippen LogP) is 2.07. The number of carboxylic acid groups (broad SMARTS) is 1. The van der Waals surface area contributed by atoms with Gasteiger partial charge in [-0.05, 0) is 19.4 Å². The van der Waals surface area contributed by atoms with Crippen molar-refractivity contribution in [2.75, 3.05) is 0 Å². The number of furan rings is 1. The Hall–Kier alpha value is -2.12. The molecule has 112 valence electrons. The van der Waals surface area contributed by atoms with E-state index in [0.717, 1.165) is 17.2 Å². The van der Waals surface area contributed by atoms with Gasteiger partial charge in [-0.2, -0.15) is 0 Å². The third kappa shape index (κ3) is 3.50. The highest BCUT2D eigenvalue weighted by molar-refractivity contribution is 7.89. The third-order valence-corrected chi connectivity index (χ3v) is 4.47. The summed E-state index contributed by atoms with van der Waals surface area (Å²) >= 11 is 0. The van der Waals surface area contributed by atoms with Crippen LogP contribution in [0.2, 0.25) is 0 Å². The lowest BCUT2D eigenvalue weighted by atomic mass is 10.2. The Kier molecular flexibility index (Phi) is 4.15. The molecule has 6 nitrogen and oxygen atoms in total. The zero-order valence-electron chi connectivity index (χ0n) is 11.6. The van der Waals surface area contributed by atoms with Crippen molar-refractivity contribution in [3.8, 4) is 0 Å². The van der Waals surface area contributed by atoms with E-state index in [-0.39, 0.29) is 17.2 Å². The molecule has 1 aromatic carbocycles. The van der Waals surface area contributed by atoms with Crippen LogP contribution in [0.25, 0.3) is 0 Å². The molecular formula is C14H15NO5S. The van der Waals surface area contributed by atoms with Crippen molar-refractivity contribution < 1.29 is 22.7 Å². The van der Waals surface area contributed by atoms with Crippen molar-refractivity contribution in [3.05, 3.63) is 53.0 Å². The fraction of sp³-hybridized carbons (Fsp3) is 0.214. The highest BCUT2D eigenvalue weighted by Crippen LogP contribution is 2.20. The quantitative estimate of drug-likeness (QED) is 0.881. The second-order valence-corrected chi connectivity index (χ2v) is 6.38. The van der Waals surface area contributed by atoms with Gasteiger partial charge < -0.3 is 9.52 Å². The van der Waals surface area contributed by atoms with Gasteiger partial charge in [0.25, 0.3) is 0 Å². The second kappa shape index (κ2) is 5.71. The van der Waals surface area contributed by atoms with Gasteiger partial charge in [0.05, 0.1) is 0 Å². The number of carboxylic acids is 1. The average Bonchev–Trinajstić information content (AvgIpc) is 2.81. The summed E-state index contributed by atoms with van der Waals surface area (Å²) < 4.78 is 31.7. The van der Waals surface area contributed by atoms with Gasteiger partial charge in [0.15, 0.2) is 0 Å². The maximum Gasteiger partial charge on any atom is 0.371 e. The van der Waals surface area contributed by atoms with Gasteiger partial charge in [0.1, 0.15) is 10.7 Å². The lowest BCUT2D eigenvalue weighted by Crippen LogP contribution is -2.23. The normalized spacial score (nSPS) is 11.5. The van der Waals surface area contributed by atoms with Crippen molar-refractivity contribution in [3.63, 3.8) is 0 Å². The zero-order valence-corrected chi connectivity index (χ0v) is 12.4. The van der Waals surface area contributed by atoms with Crippen LogP contribution >= 0.6 is 0 Å². The van der Waals surface area contributed by atoms with Crippen LogP contribution in [-0.4, -0.2) is 19.5 Å². The molecule has 7 heteroatoms. The molecule has 0 aliphatic carbocycles. The molecule has 0 amide bonds. The molecule has 0 radical (unpaired) electrons. The Labute approximate surface area is 122 Å².